The van der Waals surface area contributed by atoms with Gasteiger partial charge in [0.2, 0.25) is 5.82 Å². The van der Waals surface area contributed by atoms with Crippen molar-refractivity contribution in [3.05, 3.63) is 15.8 Å². The Balaban J connectivity index is 2.65. The van der Waals surface area contributed by atoms with Crippen LogP contribution < -0.4 is 10.6 Å². The molecule has 0 radical (unpaired) electrons. The lowest BCUT2D eigenvalue weighted by molar-refractivity contribution is -0.384. The van der Waals surface area contributed by atoms with Crippen molar-refractivity contribution in [2.24, 2.45) is 7.05 Å². The highest BCUT2D eigenvalue weighted by atomic mass is 16.6. The normalized spacial score (nSPS) is 11.4. The van der Waals surface area contributed by atoms with Crippen LogP contribution in [0.25, 0.3) is 0 Å². The Labute approximate surface area is 135 Å². The van der Waals surface area contributed by atoms with Crippen LogP contribution in [0.5, 0.6) is 0 Å². The number of nitrogens with one attached hydrogen (secondary N) is 2. The van der Waals surface area contributed by atoms with Crippen molar-refractivity contribution in [2.75, 3.05) is 18.4 Å². The number of carbonyl (C=O) groups excluding carboxylic acids is 1. The van der Waals surface area contributed by atoms with Gasteiger partial charge in [-0.2, -0.15) is 5.10 Å². The molecule has 0 aromatic carbocycles. The van der Waals surface area contributed by atoms with Crippen LogP contribution in [-0.4, -0.2) is 39.5 Å². The van der Waals surface area contributed by atoms with Gasteiger partial charge in [0.15, 0.2) is 0 Å². The molecule has 2 N–H and O–H groups in total. The van der Waals surface area contributed by atoms with Crippen molar-refractivity contribution in [3.8, 4) is 0 Å². The quantitative estimate of drug-likeness (QED) is 0.471. The monoisotopic (exact) mass is 327 g/mol. The van der Waals surface area contributed by atoms with Gasteiger partial charge in [-0.05, 0) is 20.8 Å². The van der Waals surface area contributed by atoms with E-state index in [1.807, 2.05) is 13.8 Å². The van der Waals surface area contributed by atoms with E-state index in [1.54, 1.807) is 27.8 Å². The molecule has 1 rings (SSSR count). The molecule has 0 unspecified atom stereocenters. The highest BCUT2D eigenvalue weighted by molar-refractivity contribution is 5.67. The Morgan fingerprint density at radius 1 is 1.39 bits per heavy atom. The second kappa shape index (κ2) is 7.30. The van der Waals surface area contributed by atoms with Crippen LogP contribution in [0.3, 0.4) is 0 Å². The van der Waals surface area contributed by atoms with Gasteiger partial charge in [0, 0.05) is 26.1 Å². The van der Waals surface area contributed by atoms with Gasteiger partial charge in [0.05, 0.1) is 4.92 Å². The predicted octanol–water partition coefficient (Wildman–Crippen LogP) is 2.39. The molecule has 0 atom stereocenters. The van der Waals surface area contributed by atoms with Gasteiger partial charge in [-0.15, -0.1) is 0 Å². The minimum Gasteiger partial charge on any atom is -0.444 e. The van der Waals surface area contributed by atoms with E-state index in [2.05, 4.69) is 15.7 Å². The van der Waals surface area contributed by atoms with Crippen molar-refractivity contribution < 1.29 is 14.5 Å². The smallest absolute Gasteiger partial charge is 0.407 e. The number of hydrogen-bond acceptors (Lipinski definition) is 6. The van der Waals surface area contributed by atoms with Crippen LogP contribution in [0.4, 0.5) is 16.3 Å². The van der Waals surface area contributed by atoms with Crippen LogP contribution in [0.2, 0.25) is 0 Å². The summed E-state index contributed by atoms with van der Waals surface area (Å²) in [5.74, 6) is 0.265. The first-order chi connectivity index (χ1) is 10.5. The highest BCUT2D eigenvalue weighted by Gasteiger charge is 2.28. The molecule has 0 spiro atoms. The Bertz CT molecular complexity index is 574. The van der Waals surface area contributed by atoms with Gasteiger partial charge in [-0.3, -0.25) is 10.1 Å². The predicted molar refractivity (Wildman–Crippen MR) is 86.7 cm³/mol. The lowest BCUT2D eigenvalue weighted by atomic mass is 10.1. The molecule has 1 heterocycles. The summed E-state index contributed by atoms with van der Waals surface area (Å²) in [6, 6.07) is 0. The maximum atomic E-state index is 11.5. The van der Waals surface area contributed by atoms with E-state index in [-0.39, 0.29) is 18.2 Å². The molecule has 1 aromatic heterocycles. The number of aryl methyl sites for hydroxylation is 1. The summed E-state index contributed by atoms with van der Waals surface area (Å²) < 4.78 is 6.55. The number of aromatic nitrogens is 2. The van der Waals surface area contributed by atoms with E-state index in [0.29, 0.717) is 18.1 Å². The molecule has 0 bridgehead atoms. The average molecular weight is 327 g/mol. The van der Waals surface area contributed by atoms with E-state index in [4.69, 9.17) is 4.74 Å². The number of rotatable bonds is 6. The van der Waals surface area contributed by atoms with E-state index in [9.17, 15) is 14.9 Å². The molecule has 1 aromatic rings. The summed E-state index contributed by atoms with van der Waals surface area (Å²) in [4.78, 5) is 22.4. The maximum Gasteiger partial charge on any atom is 0.407 e. The fourth-order valence-corrected chi connectivity index (χ4v) is 1.96. The lowest BCUT2D eigenvalue weighted by Crippen LogP contribution is -2.35. The van der Waals surface area contributed by atoms with Crippen LogP contribution >= 0.6 is 0 Å². The topological polar surface area (TPSA) is 111 Å². The first-order valence-electron chi connectivity index (χ1n) is 7.45. The number of amides is 1. The number of alkyl carbamates (subject to hydrolysis) is 1. The first-order valence-corrected chi connectivity index (χ1v) is 7.45. The molecular weight excluding hydrogens is 302 g/mol. The molecule has 23 heavy (non-hydrogen) atoms. The standard InChI is InChI=1S/C14H25N5O4/c1-9(2)10-11(19(21)22)12(18(6)17-10)15-7-8-16-13(20)23-14(3,4)5/h9,15H,7-8H2,1-6H3,(H,16,20). The molecule has 0 aliphatic heterocycles. The van der Waals surface area contributed by atoms with Gasteiger partial charge in [-0.25, -0.2) is 9.48 Å². The summed E-state index contributed by atoms with van der Waals surface area (Å²) >= 11 is 0. The Morgan fingerprint density at radius 2 is 2.00 bits per heavy atom. The molecule has 9 nitrogen and oxygen atoms in total. The van der Waals surface area contributed by atoms with Crippen LogP contribution in [0.1, 0.15) is 46.2 Å². The summed E-state index contributed by atoms with van der Waals surface area (Å²) in [5.41, 5.74) is -0.162. The summed E-state index contributed by atoms with van der Waals surface area (Å²) in [6.45, 7) is 9.61. The fraction of sp³-hybridized carbons (Fsp3) is 0.714. The fourth-order valence-electron chi connectivity index (χ4n) is 1.96. The largest absolute Gasteiger partial charge is 0.444 e. The van der Waals surface area contributed by atoms with Crippen molar-refractivity contribution in [1.29, 1.82) is 0 Å². The zero-order valence-electron chi connectivity index (χ0n) is 14.5. The van der Waals surface area contributed by atoms with Gasteiger partial charge < -0.3 is 15.4 Å². The Hall–Kier alpha value is -2.32. The first kappa shape index (κ1) is 18.7. The molecule has 0 saturated carbocycles. The summed E-state index contributed by atoms with van der Waals surface area (Å²) in [7, 11) is 1.64. The molecule has 0 aliphatic carbocycles. The number of anilines is 1. The van der Waals surface area contributed by atoms with Crippen molar-refractivity contribution >= 4 is 17.6 Å². The third kappa shape index (κ3) is 5.42. The SMILES string of the molecule is CC(C)c1nn(C)c(NCCNC(=O)OC(C)(C)C)c1[N+](=O)[O-]. The Kier molecular flexibility index (Phi) is 5.94. The molecule has 0 fully saturated rings. The summed E-state index contributed by atoms with van der Waals surface area (Å²) in [6.07, 6.45) is -0.526. The van der Waals surface area contributed by atoms with Crippen LogP contribution in [-0.2, 0) is 11.8 Å². The van der Waals surface area contributed by atoms with Crippen LogP contribution in [0.15, 0.2) is 0 Å². The minimum atomic E-state index is -0.565. The number of ether oxygens (including phenoxy) is 1. The number of carbonyl (C=O) groups is 1. The average Bonchev–Trinajstić information content (AvgIpc) is 2.70. The zero-order chi connectivity index (χ0) is 17.8. The van der Waals surface area contributed by atoms with Crippen LogP contribution in [0, 0.1) is 10.1 Å². The maximum absolute atomic E-state index is 11.5. The lowest BCUT2D eigenvalue weighted by Gasteiger charge is -2.19. The highest BCUT2D eigenvalue weighted by Crippen LogP contribution is 2.32. The van der Waals surface area contributed by atoms with E-state index in [1.165, 1.54) is 4.68 Å². The van der Waals surface area contributed by atoms with E-state index >= 15 is 0 Å². The zero-order valence-corrected chi connectivity index (χ0v) is 14.5. The number of nitro groups is 1. The van der Waals surface area contributed by atoms with E-state index in [0.717, 1.165) is 0 Å². The number of nitrogens with zero attached hydrogens (tertiary/aromatic N) is 3. The molecule has 9 heteroatoms. The second-order valence-electron chi connectivity index (χ2n) is 6.47. The van der Waals surface area contributed by atoms with Gasteiger partial charge >= 0.3 is 11.8 Å². The third-order valence-electron chi connectivity index (χ3n) is 2.86. The van der Waals surface area contributed by atoms with Crippen molar-refractivity contribution in [3.63, 3.8) is 0 Å². The Morgan fingerprint density at radius 3 is 2.48 bits per heavy atom. The molecule has 0 saturated heterocycles. The molecule has 130 valence electrons. The minimum absolute atomic E-state index is 0.0280. The van der Waals surface area contributed by atoms with Crippen molar-refractivity contribution in [1.82, 2.24) is 15.1 Å². The molecule has 1 amide bonds. The molecular formula is C14H25N5O4. The third-order valence-corrected chi connectivity index (χ3v) is 2.86. The van der Waals surface area contributed by atoms with Gasteiger partial charge in [-0.1, -0.05) is 13.8 Å². The van der Waals surface area contributed by atoms with E-state index < -0.39 is 16.6 Å². The molecule has 0 aliphatic rings. The van der Waals surface area contributed by atoms with Gasteiger partial charge in [0.1, 0.15) is 11.3 Å². The summed E-state index contributed by atoms with van der Waals surface area (Å²) in [5, 5.41) is 21.0. The van der Waals surface area contributed by atoms with Crippen molar-refractivity contribution in [2.45, 2.75) is 46.1 Å². The number of hydrogen-bond donors (Lipinski definition) is 2. The second-order valence-corrected chi connectivity index (χ2v) is 6.47. The van der Waals surface area contributed by atoms with Gasteiger partial charge in [0.25, 0.3) is 0 Å².